The fourth-order valence-electron chi connectivity index (χ4n) is 3.02. The van der Waals surface area contributed by atoms with E-state index in [1.165, 1.54) is 28.6 Å². The second-order valence-corrected chi connectivity index (χ2v) is 7.87. The Labute approximate surface area is 151 Å². The molecule has 0 spiro atoms. The number of amides is 1. The summed E-state index contributed by atoms with van der Waals surface area (Å²) in [7, 11) is -3.85. The lowest BCUT2D eigenvalue weighted by atomic mass is 10.1. The van der Waals surface area contributed by atoms with Gasteiger partial charge in [0.25, 0.3) is 15.9 Å². The van der Waals surface area contributed by atoms with Crippen molar-refractivity contribution in [2.75, 3.05) is 10.9 Å². The van der Waals surface area contributed by atoms with Crippen LogP contribution in [0.5, 0.6) is 0 Å². The average Bonchev–Trinajstić information content (AvgIpc) is 2.96. The van der Waals surface area contributed by atoms with Crippen molar-refractivity contribution in [2.24, 2.45) is 5.73 Å². The van der Waals surface area contributed by atoms with E-state index in [-0.39, 0.29) is 16.5 Å². The SMILES string of the molecule is C[C@@H]1Cc2ccccc2N1S(=O)(=O)c1cccc(C(=O)OCC(N)=O)c1. The minimum Gasteiger partial charge on any atom is -0.452 e. The van der Waals surface area contributed by atoms with Gasteiger partial charge in [0.05, 0.1) is 16.1 Å². The summed E-state index contributed by atoms with van der Waals surface area (Å²) in [5, 5.41) is 0. The molecule has 0 saturated carbocycles. The Morgan fingerprint density at radius 3 is 2.65 bits per heavy atom. The first kappa shape index (κ1) is 17.9. The summed E-state index contributed by atoms with van der Waals surface area (Å²) in [4.78, 5) is 22.7. The highest BCUT2D eigenvalue weighted by Gasteiger charge is 2.36. The quantitative estimate of drug-likeness (QED) is 0.798. The number of primary amides is 1. The first-order chi connectivity index (χ1) is 12.3. The zero-order valence-electron chi connectivity index (χ0n) is 14.1. The number of carbonyl (C=O) groups excluding carboxylic acids is 2. The molecule has 0 aromatic heterocycles. The van der Waals surface area contributed by atoms with Crippen LogP contribution in [0.3, 0.4) is 0 Å². The lowest BCUT2D eigenvalue weighted by Crippen LogP contribution is -2.35. The van der Waals surface area contributed by atoms with Crippen molar-refractivity contribution < 1.29 is 22.7 Å². The largest absolute Gasteiger partial charge is 0.452 e. The van der Waals surface area contributed by atoms with E-state index in [2.05, 4.69) is 0 Å². The molecule has 1 amide bonds. The Morgan fingerprint density at radius 1 is 1.19 bits per heavy atom. The number of carbonyl (C=O) groups is 2. The minimum absolute atomic E-state index is 0.0189. The highest BCUT2D eigenvalue weighted by Crippen LogP contribution is 2.36. The lowest BCUT2D eigenvalue weighted by molar-refractivity contribution is -0.121. The van der Waals surface area contributed by atoms with Crippen LogP contribution in [0.15, 0.2) is 53.4 Å². The van der Waals surface area contributed by atoms with Gasteiger partial charge in [-0.3, -0.25) is 9.10 Å². The summed E-state index contributed by atoms with van der Waals surface area (Å²) in [5.41, 5.74) is 6.58. The van der Waals surface area contributed by atoms with Crippen molar-refractivity contribution in [1.82, 2.24) is 0 Å². The van der Waals surface area contributed by atoms with Gasteiger partial charge in [-0.2, -0.15) is 0 Å². The Hall–Kier alpha value is -2.87. The molecule has 2 aromatic rings. The first-order valence-electron chi connectivity index (χ1n) is 7.98. The fraction of sp³-hybridized carbons (Fsp3) is 0.222. The Balaban J connectivity index is 1.95. The minimum atomic E-state index is -3.85. The number of rotatable bonds is 5. The number of fused-ring (bicyclic) bond motifs is 1. The van der Waals surface area contributed by atoms with Gasteiger partial charge in [-0.1, -0.05) is 24.3 Å². The third-order valence-electron chi connectivity index (χ3n) is 4.12. The smallest absolute Gasteiger partial charge is 0.338 e. The summed E-state index contributed by atoms with van der Waals surface area (Å²) in [6, 6.07) is 12.6. The summed E-state index contributed by atoms with van der Waals surface area (Å²) in [5.74, 6) is -1.60. The number of anilines is 1. The van der Waals surface area contributed by atoms with Gasteiger partial charge in [-0.25, -0.2) is 13.2 Å². The van der Waals surface area contributed by atoms with Crippen molar-refractivity contribution in [3.05, 3.63) is 59.7 Å². The molecule has 0 aliphatic carbocycles. The molecule has 7 nitrogen and oxygen atoms in total. The van der Waals surface area contributed by atoms with E-state index in [0.717, 1.165) is 5.56 Å². The Kier molecular flexibility index (Phi) is 4.69. The Morgan fingerprint density at radius 2 is 1.92 bits per heavy atom. The van der Waals surface area contributed by atoms with Gasteiger partial charge in [0, 0.05) is 6.04 Å². The molecule has 0 radical (unpaired) electrons. The van der Waals surface area contributed by atoms with Crippen LogP contribution < -0.4 is 10.0 Å². The lowest BCUT2D eigenvalue weighted by Gasteiger charge is -2.24. The van der Waals surface area contributed by atoms with Gasteiger partial charge in [0.1, 0.15) is 0 Å². The number of ether oxygens (including phenoxy) is 1. The van der Waals surface area contributed by atoms with E-state index in [9.17, 15) is 18.0 Å². The van der Waals surface area contributed by atoms with E-state index >= 15 is 0 Å². The standard InChI is InChI=1S/C18H18N2O5S/c1-12-9-13-5-2-3-8-16(13)20(12)26(23,24)15-7-4-6-14(10-15)18(22)25-11-17(19)21/h2-8,10,12H,9,11H2,1H3,(H2,19,21)/t12-/m1/s1. The van der Waals surface area contributed by atoms with Gasteiger partial charge in [0.15, 0.2) is 6.61 Å². The molecule has 0 saturated heterocycles. The van der Waals surface area contributed by atoms with Gasteiger partial charge in [-0.15, -0.1) is 0 Å². The number of nitrogens with two attached hydrogens (primary N) is 1. The topological polar surface area (TPSA) is 107 Å². The average molecular weight is 374 g/mol. The van der Waals surface area contributed by atoms with Gasteiger partial charge < -0.3 is 10.5 Å². The van der Waals surface area contributed by atoms with Crippen LogP contribution in [0.1, 0.15) is 22.8 Å². The van der Waals surface area contributed by atoms with Crippen LogP contribution in [-0.2, 0) is 26.0 Å². The molecule has 3 rings (SSSR count). The molecule has 0 bridgehead atoms. The monoisotopic (exact) mass is 374 g/mol. The van der Waals surface area contributed by atoms with Crippen LogP contribution in [-0.4, -0.2) is 32.9 Å². The normalized spacial score (nSPS) is 16.2. The molecular weight excluding hydrogens is 356 g/mol. The van der Waals surface area contributed by atoms with Crippen LogP contribution in [0.2, 0.25) is 0 Å². The van der Waals surface area contributed by atoms with Crippen molar-refractivity contribution in [2.45, 2.75) is 24.3 Å². The number of nitrogens with zero attached hydrogens (tertiary/aromatic N) is 1. The van der Waals surface area contributed by atoms with Crippen molar-refractivity contribution in [3.8, 4) is 0 Å². The molecule has 2 N–H and O–H groups in total. The highest BCUT2D eigenvalue weighted by atomic mass is 32.2. The number of esters is 1. The molecule has 1 heterocycles. The highest BCUT2D eigenvalue weighted by molar-refractivity contribution is 7.92. The fourth-order valence-corrected chi connectivity index (χ4v) is 4.76. The van der Waals surface area contributed by atoms with Gasteiger partial charge in [-0.05, 0) is 43.2 Å². The molecule has 0 unspecified atom stereocenters. The van der Waals surface area contributed by atoms with Crippen molar-refractivity contribution in [1.29, 1.82) is 0 Å². The maximum atomic E-state index is 13.1. The second kappa shape index (κ2) is 6.80. The predicted molar refractivity (Wildman–Crippen MR) is 95.2 cm³/mol. The number of hydrogen-bond donors (Lipinski definition) is 1. The molecule has 2 aromatic carbocycles. The Bertz CT molecular complexity index is 971. The third kappa shape index (κ3) is 3.28. The van der Waals surface area contributed by atoms with E-state index in [1.54, 1.807) is 12.1 Å². The summed E-state index contributed by atoms with van der Waals surface area (Å²) >= 11 is 0. The second-order valence-electron chi connectivity index (χ2n) is 6.05. The van der Waals surface area contributed by atoms with Crippen LogP contribution in [0.4, 0.5) is 5.69 Å². The molecule has 136 valence electrons. The third-order valence-corrected chi connectivity index (χ3v) is 6.04. The maximum absolute atomic E-state index is 13.1. The first-order valence-corrected chi connectivity index (χ1v) is 9.42. The molecule has 1 atom stereocenters. The van der Waals surface area contributed by atoms with Crippen LogP contribution in [0.25, 0.3) is 0 Å². The van der Waals surface area contributed by atoms with Crippen LogP contribution >= 0.6 is 0 Å². The van der Waals surface area contributed by atoms with E-state index in [4.69, 9.17) is 10.5 Å². The molecule has 8 heteroatoms. The zero-order valence-corrected chi connectivity index (χ0v) is 14.9. The zero-order chi connectivity index (χ0) is 18.9. The molecule has 1 aliphatic rings. The van der Waals surface area contributed by atoms with Gasteiger partial charge >= 0.3 is 5.97 Å². The number of sulfonamides is 1. The number of hydrogen-bond acceptors (Lipinski definition) is 5. The van der Waals surface area contributed by atoms with E-state index < -0.39 is 28.5 Å². The van der Waals surface area contributed by atoms with Crippen LogP contribution in [0, 0.1) is 0 Å². The van der Waals surface area contributed by atoms with Gasteiger partial charge in [0.2, 0.25) is 0 Å². The van der Waals surface area contributed by atoms with E-state index in [0.29, 0.717) is 12.1 Å². The number of benzene rings is 2. The summed E-state index contributed by atoms with van der Waals surface area (Å²) in [6.07, 6.45) is 0.621. The molecule has 0 fully saturated rings. The molecular formula is C18H18N2O5S. The summed E-state index contributed by atoms with van der Waals surface area (Å²) in [6.45, 7) is 1.27. The summed E-state index contributed by atoms with van der Waals surface area (Å²) < 4.78 is 32.4. The van der Waals surface area contributed by atoms with Crippen molar-refractivity contribution >= 4 is 27.6 Å². The predicted octanol–water partition coefficient (Wildman–Crippen LogP) is 1.47. The molecule has 1 aliphatic heterocycles. The maximum Gasteiger partial charge on any atom is 0.338 e. The van der Waals surface area contributed by atoms with E-state index in [1.807, 2.05) is 19.1 Å². The number of para-hydroxylation sites is 1. The van der Waals surface area contributed by atoms with Crippen molar-refractivity contribution in [3.63, 3.8) is 0 Å². The molecule has 26 heavy (non-hydrogen) atoms.